The Hall–Kier alpha value is -5.74. The van der Waals surface area contributed by atoms with Gasteiger partial charge in [-0.15, -0.1) is 0 Å². The maximum absolute atomic E-state index is 10.8. The number of nitrogens with zero attached hydrogens (tertiary/aromatic N) is 3. The number of hydrogen-bond donors (Lipinski definition) is 1. The summed E-state index contributed by atoms with van der Waals surface area (Å²) in [4.78, 5) is 10.1. The average Bonchev–Trinajstić information content (AvgIpc) is 3.42. The van der Waals surface area contributed by atoms with Gasteiger partial charge in [0.15, 0.2) is 0 Å². The number of rotatable bonds is 5. The molecule has 0 unspecified atom stereocenters. The Kier molecular flexibility index (Phi) is 6.24. The second-order valence-electron chi connectivity index (χ2n) is 12.1. The Morgan fingerprint density at radius 2 is 1.38 bits per heavy atom. The molecule has 4 nitrogen and oxygen atoms in total. The van der Waals surface area contributed by atoms with Crippen molar-refractivity contribution in [2.45, 2.75) is 19.3 Å². The third-order valence-electron chi connectivity index (χ3n) is 9.03. The van der Waals surface area contributed by atoms with Crippen molar-refractivity contribution in [3.8, 4) is 33.8 Å². The molecule has 0 amide bonds. The van der Waals surface area contributed by atoms with Gasteiger partial charge in [0.2, 0.25) is 0 Å². The molecule has 1 N–H and O–H groups in total. The van der Waals surface area contributed by atoms with Crippen LogP contribution in [0.5, 0.6) is 5.75 Å². The molecule has 0 bridgehead atoms. The van der Waals surface area contributed by atoms with E-state index in [1.54, 1.807) is 6.07 Å². The van der Waals surface area contributed by atoms with Crippen LogP contribution in [0.1, 0.15) is 25.1 Å². The lowest BCUT2D eigenvalue weighted by atomic mass is 9.79. The predicted octanol–water partition coefficient (Wildman–Crippen LogP) is 10.1. The molecule has 0 aliphatic heterocycles. The van der Waals surface area contributed by atoms with Crippen LogP contribution in [-0.2, 0) is 5.41 Å². The molecule has 45 heavy (non-hydrogen) atoms. The number of benzene rings is 5. The zero-order chi connectivity index (χ0) is 30.5. The third-order valence-corrected chi connectivity index (χ3v) is 9.03. The molecular formula is C41H31N3O. The molecule has 0 aliphatic carbocycles. The van der Waals surface area contributed by atoms with Gasteiger partial charge in [-0.25, -0.2) is 4.98 Å². The van der Waals surface area contributed by atoms with E-state index < -0.39 is 0 Å². The van der Waals surface area contributed by atoms with E-state index in [0.29, 0.717) is 5.69 Å². The Labute approximate surface area is 261 Å². The number of aromatic nitrogens is 3. The predicted molar refractivity (Wildman–Crippen MR) is 185 cm³/mol. The first-order chi connectivity index (χ1) is 22.0. The number of phenols is 1. The molecule has 0 saturated heterocycles. The van der Waals surface area contributed by atoms with E-state index in [-0.39, 0.29) is 11.2 Å². The van der Waals surface area contributed by atoms with Crippen LogP contribution in [0, 0.1) is 0 Å². The van der Waals surface area contributed by atoms with Crippen LogP contribution in [0.15, 0.2) is 146 Å². The third kappa shape index (κ3) is 4.46. The number of para-hydroxylation sites is 3. The van der Waals surface area contributed by atoms with Gasteiger partial charge in [-0.3, -0.25) is 9.55 Å². The van der Waals surface area contributed by atoms with Crippen LogP contribution in [0.25, 0.3) is 60.8 Å². The minimum atomic E-state index is -0.356. The van der Waals surface area contributed by atoms with Gasteiger partial charge in [0.05, 0.1) is 22.6 Å². The minimum Gasteiger partial charge on any atom is -0.506 e. The normalized spacial score (nSPS) is 11.9. The fraction of sp³-hybridized carbons (Fsp3) is 0.0732. The van der Waals surface area contributed by atoms with Crippen molar-refractivity contribution in [3.05, 3.63) is 157 Å². The number of hydrogen-bond acceptors (Lipinski definition) is 3. The van der Waals surface area contributed by atoms with Crippen LogP contribution >= 0.6 is 0 Å². The Balaban J connectivity index is 1.23. The van der Waals surface area contributed by atoms with Gasteiger partial charge in [-0.2, -0.15) is 0 Å². The summed E-state index contributed by atoms with van der Waals surface area (Å²) in [7, 11) is 0. The highest BCUT2D eigenvalue weighted by atomic mass is 16.3. The summed E-state index contributed by atoms with van der Waals surface area (Å²) in [6, 6.07) is 47.8. The summed E-state index contributed by atoms with van der Waals surface area (Å²) >= 11 is 0. The van der Waals surface area contributed by atoms with Crippen molar-refractivity contribution in [1.82, 2.24) is 14.5 Å². The number of aromatic hydroxyl groups is 1. The number of fused-ring (bicyclic) bond motifs is 4. The molecule has 3 heterocycles. The van der Waals surface area contributed by atoms with Crippen molar-refractivity contribution in [2.75, 3.05) is 0 Å². The van der Waals surface area contributed by atoms with Crippen molar-refractivity contribution in [3.63, 3.8) is 0 Å². The lowest BCUT2D eigenvalue weighted by Gasteiger charge is -2.26. The largest absolute Gasteiger partial charge is 0.506 e. The summed E-state index contributed by atoms with van der Waals surface area (Å²) in [5.41, 5.74) is 8.60. The molecule has 0 aliphatic rings. The van der Waals surface area contributed by atoms with Crippen molar-refractivity contribution < 1.29 is 5.11 Å². The van der Waals surface area contributed by atoms with E-state index >= 15 is 0 Å². The molecule has 0 atom stereocenters. The zero-order valence-electron chi connectivity index (χ0n) is 25.1. The molecule has 3 aromatic heterocycles. The molecule has 0 spiro atoms. The molecule has 8 aromatic rings. The van der Waals surface area contributed by atoms with E-state index in [2.05, 4.69) is 122 Å². The first-order valence-corrected chi connectivity index (χ1v) is 15.2. The molecule has 8 rings (SSSR count). The minimum absolute atomic E-state index is 0.217. The zero-order valence-corrected chi connectivity index (χ0v) is 25.1. The van der Waals surface area contributed by atoms with Crippen molar-refractivity contribution >= 4 is 32.7 Å². The molecule has 5 aromatic carbocycles. The van der Waals surface area contributed by atoms with E-state index in [1.165, 1.54) is 16.3 Å². The molecule has 0 radical (unpaired) electrons. The van der Waals surface area contributed by atoms with Crippen LogP contribution in [0.3, 0.4) is 0 Å². The molecule has 0 saturated carbocycles. The van der Waals surface area contributed by atoms with Crippen molar-refractivity contribution in [2.24, 2.45) is 0 Å². The quantitative estimate of drug-likeness (QED) is 0.220. The topological polar surface area (TPSA) is 50.9 Å². The average molecular weight is 582 g/mol. The highest BCUT2D eigenvalue weighted by molar-refractivity contribution is 6.08. The fourth-order valence-electron chi connectivity index (χ4n) is 6.53. The second-order valence-corrected chi connectivity index (χ2v) is 12.1. The van der Waals surface area contributed by atoms with Gasteiger partial charge < -0.3 is 5.11 Å². The fourth-order valence-corrected chi connectivity index (χ4v) is 6.53. The van der Waals surface area contributed by atoms with Gasteiger partial charge in [-0.05, 0) is 76.0 Å². The maximum Gasteiger partial charge on any atom is 0.146 e. The lowest BCUT2D eigenvalue weighted by Crippen LogP contribution is -2.20. The smallest absolute Gasteiger partial charge is 0.146 e. The monoisotopic (exact) mass is 581 g/mol. The van der Waals surface area contributed by atoms with Crippen LogP contribution in [0.4, 0.5) is 0 Å². The summed E-state index contributed by atoms with van der Waals surface area (Å²) in [6.07, 6.45) is 1.92. The van der Waals surface area contributed by atoms with Crippen LogP contribution in [-0.4, -0.2) is 19.6 Å². The summed E-state index contributed by atoms with van der Waals surface area (Å²) < 4.78 is 2.06. The van der Waals surface area contributed by atoms with E-state index in [4.69, 9.17) is 9.97 Å². The summed E-state index contributed by atoms with van der Waals surface area (Å²) in [5.74, 6) is 0.217. The summed E-state index contributed by atoms with van der Waals surface area (Å²) in [5, 5.41) is 15.4. The van der Waals surface area contributed by atoms with Gasteiger partial charge in [0.1, 0.15) is 11.4 Å². The molecular weight excluding hydrogens is 550 g/mol. The Morgan fingerprint density at radius 3 is 2.27 bits per heavy atom. The summed E-state index contributed by atoms with van der Waals surface area (Å²) in [6.45, 7) is 4.46. The first-order valence-electron chi connectivity index (χ1n) is 15.2. The first kappa shape index (κ1) is 26.9. The molecule has 4 heteroatoms. The van der Waals surface area contributed by atoms with E-state index in [9.17, 15) is 5.11 Å². The highest BCUT2D eigenvalue weighted by Gasteiger charge is 2.26. The molecule has 216 valence electrons. The van der Waals surface area contributed by atoms with E-state index in [0.717, 1.165) is 50.0 Å². The SMILES string of the molecule is CC(C)(c1cccc(-c2ccc3c4ccccc4n(-c4ccccc4O)c3n2)c1)c1cc(-c2cccc3ccccc23)ccn1. The lowest BCUT2D eigenvalue weighted by molar-refractivity contribution is 0.473. The number of pyridine rings is 2. The van der Waals surface area contributed by atoms with Crippen LogP contribution < -0.4 is 0 Å². The van der Waals surface area contributed by atoms with E-state index in [1.807, 2.05) is 36.5 Å². The number of phenolic OH excluding ortho intramolecular Hbond substituents is 1. The highest BCUT2D eigenvalue weighted by Crippen LogP contribution is 2.38. The van der Waals surface area contributed by atoms with Crippen molar-refractivity contribution in [1.29, 1.82) is 0 Å². The molecule has 0 fully saturated rings. The van der Waals surface area contributed by atoms with Crippen LogP contribution in [0.2, 0.25) is 0 Å². The standard InChI is InChI=1S/C41H31N3O/c1-41(2,39-26-28(23-24-42-39)32-17-10-12-27-11-3-4-15-31(27)32)30-14-9-13-29(25-30)35-22-21-34-33-16-5-6-18-36(33)44(40(34)43-35)37-19-7-8-20-38(37)45/h3-26,45H,1-2H3. The van der Waals surface area contributed by atoms with Gasteiger partial charge in [0, 0.05) is 27.9 Å². The maximum atomic E-state index is 10.8. The van der Waals surface area contributed by atoms with Gasteiger partial charge in [0.25, 0.3) is 0 Å². The Morgan fingerprint density at radius 1 is 0.622 bits per heavy atom. The Bertz CT molecular complexity index is 2380. The van der Waals surface area contributed by atoms with Gasteiger partial charge >= 0.3 is 0 Å². The second kappa shape index (κ2) is 10.5. The van der Waals surface area contributed by atoms with Gasteiger partial charge in [-0.1, -0.05) is 105 Å².